The molecular weight excluding hydrogens is 500 g/mol. The van der Waals surface area contributed by atoms with Gasteiger partial charge in [0.2, 0.25) is 0 Å². The molecule has 6 atom stereocenters. The summed E-state index contributed by atoms with van der Waals surface area (Å²) >= 11 is 0. The lowest BCUT2D eigenvalue weighted by Crippen LogP contribution is -2.43. The summed E-state index contributed by atoms with van der Waals surface area (Å²) in [6.45, 7) is 5.07. The number of hydrogen-bond donors (Lipinski definition) is 3. The molecule has 0 radical (unpaired) electrons. The van der Waals surface area contributed by atoms with Gasteiger partial charge in [-0.05, 0) is 39.8 Å². The Bertz CT molecular complexity index is 1220. The highest BCUT2D eigenvalue weighted by Crippen LogP contribution is 2.47. The minimum absolute atomic E-state index is 0.152. The van der Waals surface area contributed by atoms with Gasteiger partial charge in [-0.2, -0.15) is 5.09 Å². The van der Waals surface area contributed by atoms with Crippen molar-refractivity contribution in [3.8, 4) is 5.75 Å². The Kier molecular flexibility index (Phi) is 8.52. The van der Waals surface area contributed by atoms with Crippen molar-refractivity contribution in [2.24, 2.45) is 0 Å². The molecule has 1 aromatic heterocycles. The van der Waals surface area contributed by atoms with Crippen molar-refractivity contribution < 1.29 is 37.4 Å². The first kappa shape index (κ1) is 27.8. The maximum absolute atomic E-state index is 15.4. The number of aliphatic hydroxyl groups is 1. The van der Waals surface area contributed by atoms with Gasteiger partial charge in [0, 0.05) is 12.3 Å². The fourth-order valence-corrected chi connectivity index (χ4v) is 4.97. The third kappa shape index (κ3) is 6.48. The number of hydrogen-bond acceptors (Lipinski definition) is 9. The number of alkyl halides is 1. The van der Waals surface area contributed by atoms with Crippen molar-refractivity contribution in [1.82, 2.24) is 14.6 Å². The average Bonchev–Trinajstić information content (AvgIpc) is 3.01. The zero-order chi connectivity index (χ0) is 26.7. The molecule has 0 unspecified atom stereocenters. The van der Waals surface area contributed by atoms with Gasteiger partial charge in [0.15, 0.2) is 11.9 Å². The number of aromatic amines is 1. The van der Waals surface area contributed by atoms with E-state index < -0.39 is 67.8 Å². The highest BCUT2D eigenvalue weighted by molar-refractivity contribution is 7.52. The Morgan fingerprint density at radius 2 is 1.94 bits per heavy atom. The summed E-state index contributed by atoms with van der Waals surface area (Å²) in [6, 6.07) is 7.86. The van der Waals surface area contributed by atoms with Crippen LogP contribution < -0.4 is 20.9 Å². The first-order chi connectivity index (χ1) is 16.8. The minimum atomic E-state index is -4.30. The summed E-state index contributed by atoms with van der Waals surface area (Å²) in [5, 5.41) is 13.0. The van der Waals surface area contributed by atoms with Gasteiger partial charge in [-0.3, -0.25) is 23.7 Å². The van der Waals surface area contributed by atoms with Crippen molar-refractivity contribution >= 4 is 13.7 Å². The molecule has 1 fully saturated rings. The zero-order valence-corrected chi connectivity index (χ0v) is 21.0. The molecule has 36 heavy (non-hydrogen) atoms. The third-order valence-electron chi connectivity index (χ3n) is 5.26. The Balaban J connectivity index is 1.80. The van der Waals surface area contributed by atoms with Gasteiger partial charge in [0.25, 0.3) is 5.56 Å². The van der Waals surface area contributed by atoms with Gasteiger partial charge < -0.3 is 19.1 Å². The summed E-state index contributed by atoms with van der Waals surface area (Å²) in [5.74, 6) is -0.560. The molecule has 1 saturated heterocycles. The number of para-hydroxylation sites is 1. The lowest BCUT2D eigenvalue weighted by molar-refractivity contribution is -0.149. The van der Waals surface area contributed by atoms with Gasteiger partial charge >= 0.3 is 19.4 Å². The topological polar surface area (TPSA) is 158 Å². The summed E-state index contributed by atoms with van der Waals surface area (Å²) < 4.78 is 51.4. The molecule has 3 N–H and O–H groups in total. The molecular formula is C22H29FN3O9P. The zero-order valence-electron chi connectivity index (χ0n) is 20.1. The van der Waals surface area contributed by atoms with Crippen LogP contribution in [0.5, 0.6) is 5.75 Å². The van der Waals surface area contributed by atoms with E-state index in [1.165, 1.54) is 19.1 Å². The number of benzene rings is 1. The van der Waals surface area contributed by atoms with Crippen molar-refractivity contribution in [2.45, 2.75) is 63.9 Å². The second-order valence-electron chi connectivity index (χ2n) is 8.67. The van der Waals surface area contributed by atoms with Crippen molar-refractivity contribution in [1.29, 1.82) is 0 Å². The summed E-state index contributed by atoms with van der Waals surface area (Å²) in [4.78, 5) is 37.7. The normalized spacial score (nSPS) is 26.4. The predicted molar refractivity (Wildman–Crippen MR) is 125 cm³/mol. The number of carbonyl (C=O) groups excluding carboxylic acids is 1. The van der Waals surface area contributed by atoms with E-state index in [1.807, 2.05) is 4.98 Å². The highest BCUT2D eigenvalue weighted by Gasteiger charge is 2.55. The van der Waals surface area contributed by atoms with Crippen LogP contribution in [0.25, 0.3) is 0 Å². The number of rotatable bonds is 10. The minimum Gasteiger partial charge on any atom is -0.462 e. The van der Waals surface area contributed by atoms with E-state index in [1.54, 1.807) is 32.0 Å². The maximum Gasteiger partial charge on any atom is 0.459 e. The van der Waals surface area contributed by atoms with Crippen LogP contribution in [-0.4, -0.2) is 57.3 Å². The smallest absolute Gasteiger partial charge is 0.459 e. The summed E-state index contributed by atoms with van der Waals surface area (Å²) in [6.07, 6.45) is -4.21. The lowest BCUT2D eigenvalue weighted by Gasteiger charge is -2.25. The second kappa shape index (κ2) is 11.1. The number of H-pyrrole nitrogens is 1. The van der Waals surface area contributed by atoms with Crippen LogP contribution in [0.4, 0.5) is 4.39 Å². The fraction of sp³-hybridized carbons (Fsp3) is 0.500. The van der Waals surface area contributed by atoms with Crippen molar-refractivity contribution in [3.63, 3.8) is 0 Å². The molecule has 14 heteroatoms. The van der Waals surface area contributed by atoms with Gasteiger partial charge in [0.1, 0.15) is 24.0 Å². The molecule has 1 aliphatic rings. The summed E-state index contributed by atoms with van der Waals surface area (Å²) in [5.41, 5.74) is -4.12. The van der Waals surface area contributed by atoms with Crippen LogP contribution in [-0.2, 0) is 23.4 Å². The Hall–Kier alpha value is -2.83. The number of halogens is 1. The van der Waals surface area contributed by atoms with Crippen LogP contribution in [0.1, 0.15) is 33.9 Å². The van der Waals surface area contributed by atoms with Crippen molar-refractivity contribution in [2.75, 3.05) is 6.61 Å². The first-order valence-corrected chi connectivity index (χ1v) is 12.7. The molecule has 0 amide bonds. The number of aliphatic hydroxyl groups excluding tert-OH is 1. The molecule has 2 heterocycles. The van der Waals surface area contributed by atoms with Crippen LogP contribution in [0.2, 0.25) is 0 Å². The number of esters is 1. The second-order valence-corrected chi connectivity index (χ2v) is 10.4. The molecule has 1 aliphatic heterocycles. The molecule has 3 rings (SSSR count). The van der Waals surface area contributed by atoms with Crippen LogP contribution >= 0.6 is 7.75 Å². The van der Waals surface area contributed by atoms with Gasteiger partial charge in [0.05, 0.1) is 12.7 Å². The van der Waals surface area contributed by atoms with E-state index in [0.717, 1.165) is 23.8 Å². The number of aromatic nitrogens is 2. The average molecular weight is 529 g/mol. The maximum atomic E-state index is 15.4. The van der Waals surface area contributed by atoms with Crippen LogP contribution in [0.3, 0.4) is 0 Å². The third-order valence-corrected chi connectivity index (χ3v) is 6.90. The quantitative estimate of drug-likeness (QED) is 0.305. The standard InChI is InChI=1S/C22H29FN3O9P/c1-13(2)33-19(29)14(3)25-36(31,35-15-8-6-5-7-9-15)32-12-16-18(28)22(4,23)20(34-16)26-11-10-17(27)24-21(26)30/h5-11,13-14,16,18,20,28H,12H2,1-4H3,(H,25,31)(H,24,27,30)/t14-,16-,18-,20-,22-,36-/m1/s1. The van der Waals surface area contributed by atoms with Crippen LogP contribution in [0.15, 0.2) is 52.2 Å². The van der Waals surface area contributed by atoms with Gasteiger partial charge in [-0.1, -0.05) is 18.2 Å². The van der Waals surface area contributed by atoms with E-state index in [9.17, 15) is 24.1 Å². The van der Waals surface area contributed by atoms with E-state index >= 15 is 4.39 Å². The van der Waals surface area contributed by atoms with E-state index in [-0.39, 0.29) is 5.75 Å². The monoisotopic (exact) mass is 529 g/mol. The predicted octanol–water partition coefficient (Wildman–Crippen LogP) is 1.66. The van der Waals surface area contributed by atoms with Crippen LogP contribution in [0, 0.1) is 0 Å². The highest BCUT2D eigenvalue weighted by atomic mass is 31.2. The van der Waals surface area contributed by atoms with E-state index in [2.05, 4.69) is 5.09 Å². The largest absolute Gasteiger partial charge is 0.462 e. The van der Waals surface area contributed by atoms with Crippen molar-refractivity contribution in [3.05, 3.63) is 63.4 Å². The SMILES string of the molecule is CC(C)OC(=O)[C@@H](C)N[P@@](=O)(OC[C@H]1O[C@@H](n2ccc(=O)[nH]c2=O)[C@](C)(F)[C@@H]1O)Oc1ccccc1. The molecule has 0 bridgehead atoms. The van der Waals surface area contributed by atoms with E-state index in [4.69, 9.17) is 18.5 Å². The molecule has 2 aromatic rings. The van der Waals surface area contributed by atoms with Gasteiger partial charge in [-0.15, -0.1) is 0 Å². The Labute approximate surface area is 205 Å². The summed E-state index contributed by atoms with van der Waals surface area (Å²) in [7, 11) is -4.30. The number of nitrogens with one attached hydrogen (secondary N) is 2. The number of ether oxygens (including phenoxy) is 2. The van der Waals surface area contributed by atoms with E-state index in [0.29, 0.717) is 0 Å². The molecule has 1 aromatic carbocycles. The lowest BCUT2D eigenvalue weighted by atomic mass is 9.98. The number of nitrogens with zero attached hydrogens (tertiary/aromatic N) is 1. The number of carbonyl (C=O) groups is 1. The Morgan fingerprint density at radius 3 is 2.56 bits per heavy atom. The molecule has 0 spiro atoms. The fourth-order valence-electron chi connectivity index (χ4n) is 3.47. The first-order valence-electron chi connectivity index (χ1n) is 11.1. The molecule has 12 nitrogen and oxygen atoms in total. The van der Waals surface area contributed by atoms with Gasteiger partial charge in [-0.25, -0.2) is 13.8 Å². The Morgan fingerprint density at radius 1 is 1.28 bits per heavy atom. The molecule has 0 aliphatic carbocycles. The molecule has 198 valence electrons. The molecule has 0 saturated carbocycles.